The Morgan fingerprint density at radius 1 is 0.880 bits per heavy atom. The van der Waals surface area contributed by atoms with E-state index in [0.717, 1.165) is 24.0 Å². The fraction of sp³-hybridized carbons (Fsp3) is 0.524. The van der Waals surface area contributed by atoms with Crippen LogP contribution in [0.4, 0.5) is 11.6 Å². The lowest BCUT2D eigenvalue weighted by molar-refractivity contribution is 0.387. The smallest absolute Gasteiger partial charge is 0.136 e. The van der Waals surface area contributed by atoms with Crippen LogP contribution in [0, 0.1) is 0 Å². The van der Waals surface area contributed by atoms with Crippen LogP contribution in [0.15, 0.2) is 30.3 Å². The molecule has 3 aliphatic carbocycles. The van der Waals surface area contributed by atoms with Gasteiger partial charge in [0.1, 0.15) is 17.5 Å². The van der Waals surface area contributed by atoms with Crippen molar-refractivity contribution in [3.05, 3.63) is 47.3 Å². The number of nitrogens with one attached hydrogen (secondary N) is 1. The molecule has 0 spiro atoms. The van der Waals surface area contributed by atoms with Crippen LogP contribution >= 0.6 is 0 Å². The lowest BCUT2D eigenvalue weighted by Gasteiger charge is -2.47. The summed E-state index contributed by atoms with van der Waals surface area (Å²) >= 11 is 0. The standard InChI is InChI=1S/C21H24N4/c1-2-4-17-16(3-1)14-7-10-18(17)25(12-14)20-11-19(22-15-8-9-15)23-21(24-20)13-5-6-13/h1-4,11,13-15,18H,5-10,12H2,(H,22,23,24)/t14-,18+/m0/s1. The number of rotatable bonds is 4. The van der Waals surface area contributed by atoms with Crippen molar-refractivity contribution < 1.29 is 0 Å². The van der Waals surface area contributed by atoms with Crippen LogP contribution in [0.2, 0.25) is 0 Å². The van der Waals surface area contributed by atoms with E-state index in [1.807, 2.05) is 0 Å². The summed E-state index contributed by atoms with van der Waals surface area (Å²) in [5.41, 5.74) is 3.09. The molecule has 2 saturated carbocycles. The third-order valence-corrected chi connectivity index (χ3v) is 6.27. The van der Waals surface area contributed by atoms with E-state index in [1.165, 1.54) is 44.1 Å². The van der Waals surface area contributed by atoms with Crippen LogP contribution in [0.5, 0.6) is 0 Å². The first-order valence-electron chi connectivity index (χ1n) is 9.86. The number of aromatic nitrogens is 2. The van der Waals surface area contributed by atoms with E-state index in [2.05, 4.69) is 40.5 Å². The van der Waals surface area contributed by atoms with Gasteiger partial charge in [0.15, 0.2) is 0 Å². The van der Waals surface area contributed by atoms with Crippen LogP contribution in [-0.2, 0) is 0 Å². The quantitative estimate of drug-likeness (QED) is 0.903. The van der Waals surface area contributed by atoms with Crippen LogP contribution in [0.25, 0.3) is 0 Å². The topological polar surface area (TPSA) is 41.0 Å². The van der Waals surface area contributed by atoms with Gasteiger partial charge in [-0.05, 0) is 49.7 Å². The Kier molecular flexibility index (Phi) is 2.93. The van der Waals surface area contributed by atoms with Gasteiger partial charge in [-0.25, -0.2) is 9.97 Å². The average Bonchev–Trinajstić information content (AvgIpc) is 3.56. The molecule has 1 N–H and O–H groups in total. The first-order valence-corrected chi connectivity index (χ1v) is 9.86. The summed E-state index contributed by atoms with van der Waals surface area (Å²) in [4.78, 5) is 12.4. The predicted octanol–water partition coefficient (Wildman–Crippen LogP) is 4.37. The van der Waals surface area contributed by atoms with Crippen LogP contribution in [-0.4, -0.2) is 22.6 Å². The van der Waals surface area contributed by atoms with Crippen LogP contribution in [0.3, 0.4) is 0 Å². The molecule has 25 heavy (non-hydrogen) atoms. The second-order valence-electron chi connectivity index (χ2n) is 8.23. The minimum Gasteiger partial charge on any atom is -0.367 e. The Balaban J connectivity index is 1.40. The first kappa shape index (κ1) is 14.1. The summed E-state index contributed by atoms with van der Waals surface area (Å²) in [6.07, 6.45) is 7.62. The number of fused-ring (bicyclic) bond motifs is 2. The summed E-state index contributed by atoms with van der Waals surface area (Å²) in [7, 11) is 0. The molecule has 5 aliphatic rings. The molecular weight excluding hydrogens is 308 g/mol. The largest absolute Gasteiger partial charge is 0.367 e. The summed E-state index contributed by atoms with van der Waals surface area (Å²) in [5.74, 6) is 4.50. The molecule has 0 radical (unpaired) electrons. The lowest BCUT2D eigenvalue weighted by atomic mass is 9.75. The van der Waals surface area contributed by atoms with Gasteiger partial charge in [-0.2, -0.15) is 0 Å². The van der Waals surface area contributed by atoms with E-state index in [1.54, 1.807) is 5.56 Å². The minimum atomic E-state index is 0.483. The van der Waals surface area contributed by atoms with E-state index in [4.69, 9.17) is 9.97 Å². The van der Waals surface area contributed by atoms with Gasteiger partial charge < -0.3 is 10.2 Å². The van der Waals surface area contributed by atoms with Gasteiger partial charge in [-0.15, -0.1) is 0 Å². The molecule has 0 amide bonds. The first-order chi connectivity index (χ1) is 12.3. The van der Waals surface area contributed by atoms with Gasteiger partial charge in [0, 0.05) is 30.5 Å². The highest BCUT2D eigenvalue weighted by molar-refractivity contribution is 5.56. The van der Waals surface area contributed by atoms with E-state index in [-0.39, 0.29) is 0 Å². The second-order valence-corrected chi connectivity index (χ2v) is 8.23. The molecule has 3 heterocycles. The predicted molar refractivity (Wildman–Crippen MR) is 99.2 cm³/mol. The van der Waals surface area contributed by atoms with Gasteiger partial charge in [-0.1, -0.05) is 24.3 Å². The maximum Gasteiger partial charge on any atom is 0.136 e. The van der Waals surface area contributed by atoms with Crippen molar-refractivity contribution in [3.8, 4) is 0 Å². The Labute approximate surface area is 148 Å². The van der Waals surface area contributed by atoms with Gasteiger partial charge in [0.05, 0.1) is 6.04 Å². The molecule has 1 aromatic heterocycles. The Morgan fingerprint density at radius 3 is 2.48 bits per heavy atom. The molecule has 3 fully saturated rings. The van der Waals surface area contributed by atoms with Gasteiger partial charge in [0.2, 0.25) is 0 Å². The van der Waals surface area contributed by atoms with Crippen molar-refractivity contribution in [2.75, 3.05) is 16.8 Å². The summed E-state index contributed by atoms with van der Waals surface area (Å²) in [6, 6.07) is 12.4. The van der Waals surface area contributed by atoms with Crippen molar-refractivity contribution in [1.82, 2.24) is 9.97 Å². The van der Waals surface area contributed by atoms with Crippen molar-refractivity contribution in [2.24, 2.45) is 0 Å². The van der Waals surface area contributed by atoms with Gasteiger partial charge in [-0.3, -0.25) is 0 Å². The van der Waals surface area contributed by atoms with Gasteiger partial charge in [0.25, 0.3) is 0 Å². The van der Waals surface area contributed by atoms with Gasteiger partial charge >= 0.3 is 0 Å². The monoisotopic (exact) mass is 332 g/mol. The molecule has 4 nitrogen and oxygen atoms in total. The highest BCUT2D eigenvalue weighted by Gasteiger charge is 2.39. The van der Waals surface area contributed by atoms with Crippen LogP contribution < -0.4 is 10.2 Å². The van der Waals surface area contributed by atoms with Crippen molar-refractivity contribution in [1.29, 1.82) is 0 Å². The van der Waals surface area contributed by atoms with Crippen molar-refractivity contribution in [2.45, 2.75) is 62.4 Å². The Hall–Kier alpha value is -2.10. The normalized spacial score (nSPS) is 27.3. The molecule has 2 aliphatic heterocycles. The zero-order valence-electron chi connectivity index (χ0n) is 14.5. The van der Waals surface area contributed by atoms with Crippen molar-refractivity contribution in [3.63, 3.8) is 0 Å². The third-order valence-electron chi connectivity index (χ3n) is 6.27. The number of anilines is 2. The molecule has 0 unspecified atom stereocenters. The molecule has 7 rings (SSSR count). The highest BCUT2D eigenvalue weighted by Crippen LogP contribution is 2.48. The number of hydrogen-bond donors (Lipinski definition) is 1. The number of hydrogen-bond acceptors (Lipinski definition) is 4. The number of nitrogens with zero attached hydrogens (tertiary/aromatic N) is 3. The second kappa shape index (κ2) is 5.20. The molecule has 128 valence electrons. The maximum atomic E-state index is 5.01. The average molecular weight is 332 g/mol. The van der Waals surface area contributed by atoms with E-state index >= 15 is 0 Å². The Bertz CT molecular complexity index is 824. The molecule has 1 saturated heterocycles. The van der Waals surface area contributed by atoms with E-state index in [0.29, 0.717) is 23.9 Å². The zero-order valence-corrected chi connectivity index (χ0v) is 14.5. The van der Waals surface area contributed by atoms with Crippen molar-refractivity contribution >= 4 is 11.6 Å². The fourth-order valence-corrected chi connectivity index (χ4v) is 4.62. The van der Waals surface area contributed by atoms with Crippen LogP contribution in [0.1, 0.15) is 73.4 Å². The SMILES string of the molecule is c1ccc2c(c1)[C@H]1CC[C@H]2N(c2cc(NC3CC3)nc(C3CC3)n2)C1. The zero-order chi connectivity index (χ0) is 16.4. The summed E-state index contributed by atoms with van der Waals surface area (Å²) < 4.78 is 0. The molecule has 2 bridgehead atoms. The lowest BCUT2D eigenvalue weighted by Crippen LogP contribution is -2.43. The summed E-state index contributed by atoms with van der Waals surface area (Å²) in [6.45, 7) is 1.10. The molecule has 2 atom stereocenters. The van der Waals surface area contributed by atoms with E-state index < -0.39 is 0 Å². The molecule has 4 heteroatoms. The number of benzene rings is 1. The fourth-order valence-electron chi connectivity index (χ4n) is 4.62. The maximum absolute atomic E-state index is 5.01. The molecule has 2 aromatic rings. The third kappa shape index (κ3) is 2.42. The Morgan fingerprint density at radius 2 is 1.68 bits per heavy atom. The molecule has 1 aromatic carbocycles. The van der Waals surface area contributed by atoms with E-state index in [9.17, 15) is 0 Å². The highest BCUT2D eigenvalue weighted by atomic mass is 15.2. The summed E-state index contributed by atoms with van der Waals surface area (Å²) in [5, 5.41) is 3.60. The molecular formula is C21H24N4. The minimum absolute atomic E-state index is 0.483. The number of piperidine rings is 1.